The lowest BCUT2D eigenvalue weighted by molar-refractivity contribution is -0.384. The Bertz CT molecular complexity index is 596. The van der Waals surface area contributed by atoms with Gasteiger partial charge in [0, 0.05) is 24.7 Å². The van der Waals surface area contributed by atoms with Crippen LogP contribution in [0.25, 0.3) is 0 Å². The number of benzene rings is 1. The highest BCUT2D eigenvalue weighted by Crippen LogP contribution is 2.27. The summed E-state index contributed by atoms with van der Waals surface area (Å²) in [6, 6.07) is 4.04. The van der Waals surface area contributed by atoms with Gasteiger partial charge in [-0.3, -0.25) is 19.8 Å². The third-order valence-corrected chi connectivity index (χ3v) is 4.54. The predicted molar refractivity (Wildman–Crippen MR) is 89.9 cm³/mol. The van der Waals surface area contributed by atoms with Crippen LogP contribution in [0.4, 0.5) is 11.4 Å². The topological polar surface area (TPSA) is 87.5 Å². The number of nitro benzene ring substituents is 1. The van der Waals surface area contributed by atoms with E-state index in [0.717, 1.165) is 25.9 Å². The highest BCUT2D eigenvalue weighted by molar-refractivity contribution is 6.33. The van der Waals surface area contributed by atoms with Gasteiger partial charge in [-0.2, -0.15) is 0 Å². The van der Waals surface area contributed by atoms with E-state index in [-0.39, 0.29) is 28.3 Å². The molecule has 1 aliphatic heterocycles. The molecule has 8 heteroatoms. The number of likely N-dealkylation sites (N-methyl/N-ethyl adjacent to an activating group) is 1. The molecule has 1 amide bonds. The number of carbonyl (C=O) groups excluding carboxylic acids is 1. The number of hydrogen-bond donors (Lipinski definition) is 2. The van der Waals surface area contributed by atoms with Gasteiger partial charge in [0.2, 0.25) is 5.91 Å². The Hall–Kier alpha value is -1.70. The summed E-state index contributed by atoms with van der Waals surface area (Å²) < 4.78 is 0. The Balaban J connectivity index is 2.06. The minimum Gasteiger partial charge on any atom is -0.323 e. The lowest BCUT2D eigenvalue weighted by atomic mass is 10.0. The Morgan fingerprint density at radius 3 is 2.91 bits per heavy atom. The van der Waals surface area contributed by atoms with Crippen LogP contribution in [0.3, 0.4) is 0 Å². The van der Waals surface area contributed by atoms with E-state index in [1.54, 1.807) is 0 Å². The molecule has 0 aliphatic carbocycles. The summed E-state index contributed by atoms with van der Waals surface area (Å²) in [4.78, 5) is 24.9. The molecule has 2 atom stereocenters. The molecule has 0 spiro atoms. The first-order valence-corrected chi connectivity index (χ1v) is 7.96. The number of anilines is 1. The number of carbonyl (C=O) groups is 1. The molecule has 0 radical (unpaired) electrons. The Labute approximate surface area is 140 Å². The van der Waals surface area contributed by atoms with Crippen molar-refractivity contribution in [2.24, 2.45) is 0 Å². The van der Waals surface area contributed by atoms with Crippen molar-refractivity contribution in [3.63, 3.8) is 0 Å². The molecule has 1 heterocycles. The van der Waals surface area contributed by atoms with Gasteiger partial charge in [0.1, 0.15) is 0 Å². The van der Waals surface area contributed by atoms with Crippen LogP contribution in [0.1, 0.15) is 19.8 Å². The fourth-order valence-electron chi connectivity index (χ4n) is 2.72. The molecule has 1 saturated heterocycles. The second kappa shape index (κ2) is 7.72. The van der Waals surface area contributed by atoms with E-state index in [9.17, 15) is 14.9 Å². The summed E-state index contributed by atoms with van der Waals surface area (Å²) in [5.41, 5.74) is 0.158. The highest BCUT2D eigenvalue weighted by atomic mass is 35.5. The van der Waals surface area contributed by atoms with Gasteiger partial charge in [0.25, 0.3) is 5.69 Å². The Kier molecular flexibility index (Phi) is 5.92. The predicted octanol–water partition coefficient (Wildman–Crippen LogP) is 2.26. The fourth-order valence-corrected chi connectivity index (χ4v) is 2.88. The number of rotatable bonds is 5. The molecule has 23 heavy (non-hydrogen) atoms. The number of halogens is 1. The van der Waals surface area contributed by atoms with Crippen molar-refractivity contribution >= 4 is 28.9 Å². The number of non-ortho nitro benzene ring substituents is 1. The van der Waals surface area contributed by atoms with Gasteiger partial charge in [-0.05, 0) is 39.4 Å². The summed E-state index contributed by atoms with van der Waals surface area (Å²) in [6.45, 7) is 3.49. The summed E-state index contributed by atoms with van der Waals surface area (Å²) in [6.07, 6.45) is 2.12. The molecular formula is C15H21ClN4O3. The number of nitro groups is 1. The zero-order valence-electron chi connectivity index (χ0n) is 13.2. The average molecular weight is 341 g/mol. The third kappa shape index (κ3) is 4.40. The first-order valence-electron chi connectivity index (χ1n) is 7.58. The Morgan fingerprint density at radius 1 is 1.52 bits per heavy atom. The molecule has 126 valence electrons. The first-order chi connectivity index (χ1) is 10.9. The monoisotopic (exact) mass is 340 g/mol. The number of nitrogens with zero attached hydrogens (tertiary/aromatic N) is 2. The normalized spacial score (nSPS) is 20.0. The largest absolute Gasteiger partial charge is 0.323 e. The van der Waals surface area contributed by atoms with Crippen LogP contribution in [0.5, 0.6) is 0 Å². The molecule has 1 aliphatic rings. The van der Waals surface area contributed by atoms with Crippen LogP contribution in [-0.2, 0) is 4.79 Å². The molecule has 0 saturated carbocycles. The molecule has 1 fully saturated rings. The number of likely N-dealkylation sites (tertiary alicyclic amines) is 1. The van der Waals surface area contributed by atoms with E-state index in [1.165, 1.54) is 18.2 Å². The molecular weight excluding hydrogens is 320 g/mol. The van der Waals surface area contributed by atoms with Crippen molar-refractivity contribution in [2.75, 3.05) is 25.5 Å². The lowest BCUT2D eigenvalue weighted by Gasteiger charge is -2.35. The van der Waals surface area contributed by atoms with Crippen molar-refractivity contribution in [2.45, 2.75) is 31.8 Å². The summed E-state index contributed by atoms with van der Waals surface area (Å²) in [5, 5.41) is 17.1. The third-order valence-electron chi connectivity index (χ3n) is 4.21. The van der Waals surface area contributed by atoms with Gasteiger partial charge in [-0.25, -0.2) is 0 Å². The minimum absolute atomic E-state index is 0.106. The van der Waals surface area contributed by atoms with Crippen LogP contribution in [0, 0.1) is 10.1 Å². The quantitative estimate of drug-likeness (QED) is 0.634. The van der Waals surface area contributed by atoms with Gasteiger partial charge >= 0.3 is 0 Å². The number of hydrogen-bond acceptors (Lipinski definition) is 5. The van der Waals surface area contributed by atoms with E-state index in [2.05, 4.69) is 15.5 Å². The van der Waals surface area contributed by atoms with Crippen LogP contribution >= 0.6 is 11.6 Å². The van der Waals surface area contributed by atoms with E-state index in [1.807, 2.05) is 14.0 Å². The summed E-state index contributed by atoms with van der Waals surface area (Å²) >= 11 is 6.02. The van der Waals surface area contributed by atoms with Crippen LogP contribution in [-0.4, -0.2) is 48.0 Å². The zero-order chi connectivity index (χ0) is 17.0. The van der Waals surface area contributed by atoms with Gasteiger partial charge in [0.15, 0.2) is 0 Å². The lowest BCUT2D eigenvalue weighted by Crippen LogP contribution is -2.51. The summed E-state index contributed by atoms with van der Waals surface area (Å²) in [7, 11) is 1.92. The van der Waals surface area contributed by atoms with E-state index >= 15 is 0 Å². The Morgan fingerprint density at radius 2 is 2.26 bits per heavy atom. The minimum atomic E-state index is -0.516. The van der Waals surface area contributed by atoms with Crippen molar-refractivity contribution < 1.29 is 9.72 Å². The van der Waals surface area contributed by atoms with Crippen LogP contribution < -0.4 is 10.6 Å². The van der Waals surface area contributed by atoms with Gasteiger partial charge < -0.3 is 10.6 Å². The average Bonchev–Trinajstić information content (AvgIpc) is 2.55. The molecule has 1 aromatic rings. The molecule has 2 unspecified atom stereocenters. The molecule has 0 aromatic heterocycles. The number of amides is 1. The number of nitrogens with one attached hydrogen (secondary N) is 2. The van der Waals surface area contributed by atoms with E-state index in [0.29, 0.717) is 6.04 Å². The maximum atomic E-state index is 12.4. The second-order valence-electron chi connectivity index (χ2n) is 5.71. The second-order valence-corrected chi connectivity index (χ2v) is 6.12. The standard InChI is InChI=1S/C15H21ClN4O3/c1-10(19-7-3-4-11(9-19)17-2)15(21)18-14-8-12(20(22)23)5-6-13(14)16/h5-6,8,10-11,17H,3-4,7,9H2,1-2H3,(H,18,21). The highest BCUT2D eigenvalue weighted by Gasteiger charge is 2.27. The van der Waals surface area contributed by atoms with Gasteiger partial charge in [-0.1, -0.05) is 11.6 Å². The van der Waals surface area contributed by atoms with Crippen molar-refractivity contribution in [1.82, 2.24) is 10.2 Å². The van der Waals surface area contributed by atoms with E-state index in [4.69, 9.17) is 11.6 Å². The van der Waals surface area contributed by atoms with Crippen LogP contribution in [0.2, 0.25) is 5.02 Å². The fraction of sp³-hybridized carbons (Fsp3) is 0.533. The van der Waals surface area contributed by atoms with E-state index < -0.39 is 4.92 Å². The molecule has 0 bridgehead atoms. The molecule has 7 nitrogen and oxygen atoms in total. The van der Waals surface area contributed by atoms with Crippen molar-refractivity contribution in [3.8, 4) is 0 Å². The first kappa shape index (κ1) is 17.7. The van der Waals surface area contributed by atoms with Crippen LogP contribution in [0.15, 0.2) is 18.2 Å². The SMILES string of the molecule is CNC1CCCN(C(C)C(=O)Nc2cc([N+](=O)[O-])ccc2Cl)C1. The maximum Gasteiger partial charge on any atom is 0.271 e. The zero-order valence-corrected chi connectivity index (χ0v) is 14.0. The molecule has 2 N–H and O–H groups in total. The summed E-state index contributed by atoms with van der Waals surface area (Å²) in [5.74, 6) is -0.218. The smallest absolute Gasteiger partial charge is 0.271 e. The van der Waals surface area contributed by atoms with Gasteiger partial charge in [0.05, 0.1) is 21.7 Å². The number of piperidine rings is 1. The molecule has 2 rings (SSSR count). The van der Waals surface area contributed by atoms with Crippen molar-refractivity contribution in [1.29, 1.82) is 0 Å². The van der Waals surface area contributed by atoms with Crippen molar-refractivity contribution in [3.05, 3.63) is 33.3 Å². The molecule has 1 aromatic carbocycles. The maximum absolute atomic E-state index is 12.4. The van der Waals surface area contributed by atoms with Gasteiger partial charge in [-0.15, -0.1) is 0 Å².